The van der Waals surface area contributed by atoms with E-state index in [-0.39, 0.29) is 11.8 Å². The molecule has 0 unspecified atom stereocenters. The van der Waals surface area contributed by atoms with Gasteiger partial charge in [0.25, 0.3) is 0 Å². The maximum atomic E-state index is 12.2. The molecule has 2 heterocycles. The van der Waals surface area contributed by atoms with Crippen LogP contribution in [-0.4, -0.2) is 55.3 Å². The Morgan fingerprint density at radius 2 is 2.08 bits per heavy atom. The minimum atomic E-state index is -3.10. The number of rotatable bonds is 8. The van der Waals surface area contributed by atoms with E-state index in [4.69, 9.17) is 4.52 Å². The molecule has 1 aliphatic rings. The van der Waals surface area contributed by atoms with Crippen molar-refractivity contribution < 1.29 is 12.9 Å². The summed E-state index contributed by atoms with van der Waals surface area (Å²) in [7, 11) is -3.10. The average Bonchev–Trinajstić information content (AvgIpc) is 3.08. The Bertz CT molecular complexity index is 678. The Kier molecular flexibility index (Phi) is 7.89. The van der Waals surface area contributed by atoms with Gasteiger partial charge in [0.05, 0.1) is 11.4 Å². The van der Waals surface area contributed by atoms with Crippen LogP contribution < -0.4 is 10.6 Å². The molecule has 8 nitrogen and oxygen atoms in total. The Balaban J connectivity index is 1.89. The van der Waals surface area contributed by atoms with E-state index in [9.17, 15) is 8.42 Å². The highest BCUT2D eigenvalue weighted by Gasteiger charge is 2.27. The fraction of sp³-hybridized carbons (Fsp3) is 0.765. The van der Waals surface area contributed by atoms with Crippen molar-refractivity contribution in [3.8, 4) is 0 Å². The van der Waals surface area contributed by atoms with Crippen LogP contribution in [0.1, 0.15) is 51.5 Å². The van der Waals surface area contributed by atoms with Crippen molar-refractivity contribution in [1.29, 1.82) is 0 Å². The molecule has 0 aromatic carbocycles. The predicted octanol–water partition coefficient (Wildman–Crippen LogP) is 1.50. The molecule has 1 saturated heterocycles. The molecule has 2 N–H and O–H groups in total. The van der Waals surface area contributed by atoms with Crippen molar-refractivity contribution in [2.45, 2.75) is 59.0 Å². The number of sulfonamides is 1. The third-order valence-electron chi connectivity index (χ3n) is 4.36. The first-order chi connectivity index (χ1) is 12.5. The topological polar surface area (TPSA) is 99.8 Å². The van der Waals surface area contributed by atoms with Gasteiger partial charge < -0.3 is 15.2 Å². The summed E-state index contributed by atoms with van der Waals surface area (Å²) in [6, 6.07) is 2.13. The Morgan fingerprint density at radius 1 is 1.35 bits per heavy atom. The van der Waals surface area contributed by atoms with E-state index in [1.165, 1.54) is 0 Å². The summed E-state index contributed by atoms with van der Waals surface area (Å²) < 4.78 is 31.2. The summed E-state index contributed by atoms with van der Waals surface area (Å²) in [6.07, 6.45) is 3.04. The largest absolute Gasteiger partial charge is 0.359 e. The SMILES string of the molecule is CCCS(=O)(=O)N1CCC(NC(=NCc2cc(CC)no2)NCC)CC1. The van der Waals surface area contributed by atoms with Crippen LogP contribution in [0.25, 0.3) is 0 Å². The van der Waals surface area contributed by atoms with E-state index in [1.807, 2.05) is 26.8 Å². The monoisotopic (exact) mass is 385 g/mol. The molecule has 1 fully saturated rings. The van der Waals surface area contributed by atoms with Crippen molar-refractivity contribution in [1.82, 2.24) is 20.1 Å². The smallest absolute Gasteiger partial charge is 0.214 e. The molecular weight excluding hydrogens is 354 g/mol. The van der Waals surface area contributed by atoms with E-state index in [1.54, 1.807) is 4.31 Å². The van der Waals surface area contributed by atoms with Gasteiger partial charge >= 0.3 is 0 Å². The van der Waals surface area contributed by atoms with E-state index >= 15 is 0 Å². The number of nitrogens with zero attached hydrogens (tertiary/aromatic N) is 3. The lowest BCUT2D eigenvalue weighted by Gasteiger charge is -2.32. The summed E-state index contributed by atoms with van der Waals surface area (Å²) in [5.74, 6) is 1.68. The minimum Gasteiger partial charge on any atom is -0.359 e. The maximum Gasteiger partial charge on any atom is 0.214 e. The van der Waals surface area contributed by atoms with Crippen LogP contribution in [0.4, 0.5) is 0 Å². The highest BCUT2D eigenvalue weighted by Crippen LogP contribution is 2.15. The van der Waals surface area contributed by atoms with Crippen LogP contribution in [-0.2, 0) is 23.0 Å². The molecule has 148 valence electrons. The van der Waals surface area contributed by atoms with Gasteiger partial charge in [-0.15, -0.1) is 0 Å². The molecular formula is C17H31N5O3S. The van der Waals surface area contributed by atoms with Gasteiger partial charge in [0.1, 0.15) is 6.54 Å². The van der Waals surface area contributed by atoms with Gasteiger partial charge in [-0.1, -0.05) is 19.0 Å². The molecule has 0 bridgehead atoms. The van der Waals surface area contributed by atoms with Crippen molar-refractivity contribution in [3.63, 3.8) is 0 Å². The second-order valence-corrected chi connectivity index (χ2v) is 8.56. The number of nitrogens with one attached hydrogen (secondary N) is 2. The normalized spacial score (nSPS) is 17.4. The molecule has 0 atom stereocenters. The number of guanidine groups is 1. The number of piperidine rings is 1. The molecule has 1 aliphatic heterocycles. The zero-order chi connectivity index (χ0) is 19.0. The van der Waals surface area contributed by atoms with E-state index < -0.39 is 10.0 Å². The van der Waals surface area contributed by atoms with Crippen LogP contribution in [0, 0.1) is 0 Å². The molecule has 1 aromatic heterocycles. The second kappa shape index (κ2) is 9.91. The molecule has 9 heteroatoms. The second-order valence-electron chi connectivity index (χ2n) is 6.47. The zero-order valence-electron chi connectivity index (χ0n) is 16.0. The molecule has 0 spiro atoms. The first kappa shape index (κ1) is 20.7. The minimum absolute atomic E-state index is 0.210. The van der Waals surface area contributed by atoms with Gasteiger partial charge in [0, 0.05) is 31.7 Å². The fourth-order valence-corrected chi connectivity index (χ4v) is 4.47. The molecule has 0 aliphatic carbocycles. The molecule has 2 rings (SSSR count). The lowest BCUT2D eigenvalue weighted by Crippen LogP contribution is -2.50. The lowest BCUT2D eigenvalue weighted by atomic mass is 10.1. The van der Waals surface area contributed by atoms with Crippen molar-refractivity contribution >= 4 is 16.0 Å². The van der Waals surface area contributed by atoms with Gasteiger partial charge in [0.15, 0.2) is 11.7 Å². The van der Waals surface area contributed by atoms with Crippen LogP contribution >= 0.6 is 0 Å². The van der Waals surface area contributed by atoms with Gasteiger partial charge in [-0.3, -0.25) is 0 Å². The quantitative estimate of drug-likeness (QED) is 0.520. The van der Waals surface area contributed by atoms with Crippen LogP contribution in [0.3, 0.4) is 0 Å². The standard InChI is InChI=1S/C17H31N5O3S/c1-4-11-26(23,24)22-9-7-15(8-10-22)20-17(18-6-3)19-13-16-12-14(5-2)21-25-16/h12,15H,4-11,13H2,1-3H3,(H2,18,19,20). The molecule has 0 radical (unpaired) electrons. The number of aromatic nitrogens is 1. The Morgan fingerprint density at radius 3 is 2.65 bits per heavy atom. The Hall–Kier alpha value is -1.61. The number of hydrogen-bond acceptors (Lipinski definition) is 5. The summed E-state index contributed by atoms with van der Waals surface area (Å²) in [6.45, 7) is 8.23. The first-order valence-electron chi connectivity index (χ1n) is 9.45. The highest BCUT2D eigenvalue weighted by atomic mass is 32.2. The van der Waals surface area contributed by atoms with Crippen molar-refractivity contribution in [3.05, 3.63) is 17.5 Å². The third kappa shape index (κ3) is 5.98. The number of hydrogen-bond donors (Lipinski definition) is 2. The molecule has 26 heavy (non-hydrogen) atoms. The van der Waals surface area contributed by atoms with Gasteiger partial charge in [-0.25, -0.2) is 17.7 Å². The summed E-state index contributed by atoms with van der Waals surface area (Å²) in [5, 5.41) is 10.6. The highest BCUT2D eigenvalue weighted by molar-refractivity contribution is 7.89. The lowest BCUT2D eigenvalue weighted by molar-refractivity contribution is 0.306. The van der Waals surface area contributed by atoms with Gasteiger partial charge in [0.2, 0.25) is 10.0 Å². The summed E-state index contributed by atoms with van der Waals surface area (Å²) in [4.78, 5) is 4.55. The maximum absolute atomic E-state index is 12.2. The van der Waals surface area contributed by atoms with Gasteiger partial charge in [-0.2, -0.15) is 0 Å². The van der Waals surface area contributed by atoms with Gasteiger partial charge in [-0.05, 0) is 32.6 Å². The van der Waals surface area contributed by atoms with Crippen LogP contribution in [0.2, 0.25) is 0 Å². The first-order valence-corrected chi connectivity index (χ1v) is 11.1. The molecule has 0 amide bonds. The van der Waals surface area contributed by atoms with Crippen molar-refractivity contribution in [2.75, 3.05) is 25.4 Å². The van der Waals surface area contributed by atoms with E-state index in [0.29, 0.717) is 26.1 Å². The molecule has 1 aromatic rings. The summed E-state index contributed by atoms with van der Waals surface area (Å²) in [5.41, 5.74) is 0.925. The zero-order valence-corrected chi connectivity index (χ0v) is 16.8. The van der Waals surface area contributed by atoms with Crippen LogP contribution in [0.5, 0.6) is 0 Å². The number of aliphatic imine (C=N–C) groups is 1. The average molecular weight is 386 g/mol. The molecule has 0 saturated carbocycles. The number of aryl methyl sites for hydroxylation is 1. The fourth-order valence-electron chi connectivity index (χ4n) is 2.93. The third-order valence-corrected chi connectivity index (χ3v) is 6.43. The predicted molar refractivity (Wildman–Crippen MR) is 103 cm³/mol. The van der Waals surface area contributed by atoms with Crippen LogP contribution in [0.15, 0.2) is 15.6 Å². The van der Waals surface area contributed by atoms with E-state index in [2.05, 4.69) is 20.8 Å². The van der Waals surface area contributed by atoms with E-state index in [0.717, 1.165) is 43.2 Å². The van der Waals surface area contributed by atoms with Crippen molar-refractivity contribution in [2.24, 2.45) is 4.99 Å². The Labute approximate surface area is 156 Å². The summed E-state index contributed by atoms with van der Waals surface area (Å²) >= 11 is 0.